The van der Waals surface area contributed by atoms with Crippen LogP contribution >= 0.6 is 0 Å². The molecule has 1 aliphatic rings. The first kappa shape index (κ1) is 13.2. The molecule has 1 N–H and O–H groups in total. The Kier molecular flexibility index (Phi) is 3.61. The molecular formula is C14H16N2O3. The van der Waals surface area contributed by atoms with Crippen LogP contribution in [0.25, 0.3) is 0 Å². The van der Waals surface area contributed by atoms with Crippen LogP contribution in [0.15, 0.2) is 24.3 Å². The monoisotopic (exact) mass is 260 g/mol. The summed E-state index contributed by atoms with van der Waals surface area (Å²) in [6, 6.07) is 9.28. The first-order valence-corrected chi connectivity index (χ1v) is 6.20. The van der Waals surface area contributed by atoms with Crippen LogP contribution in [0.3, 0.4) is 0 Å². The highest BCUT2D eigenvalue weighted by molar-refractivity contribution is 5.82. The Morgan fingerprint density at radius 3 is 2.84 bits per heavy atom. The number of hydrogen-bond acceptors (Lipinski definition) is 4. The lowest BCUT2D eigenvalue weighted by Crippen LogP contribution is -2.52. The van der Waals surface area contributed by atoms with Crippen molar-refractivity contribution in [1.82, 2.24) is 5.32 Å². The zero-order chi connectivity index (χ0) is 13.9. The van der Waals surface area contributed by atoms with Gasteiger partial charge in [-0.1, -0.05) is 19.1 Å². The number of nitrogens with one attached hydrogen (secondary N) is 1. The molecule has 0 fully saturated rings. The van der Waals surface area contributed by atoms with Gasteiger partial charge in [0.05, 0.1) is 6.07 Å². The summed E-state index contributed by atoms with van der Waals surface area (Å²) in [5.41, 5.74) is -0.878. The molecule has 1 amide bonds. The van der Waals surface area contributed by atoms with E-state index in [9.17, 15) is 4.79 Å². The minimum atomic E-state index is -0.878. The van der Waals surface area contributed by atoms with Crippen LogP contribution in [0.2, 0.25) is 0 Å². The maximum Gasteiger partial charge on any atom is 0.265 e. The van der Waals surface area contributed by atoms with Gasteiger partial charge < -0.3 is 14.8 Å². The molecule has 100 valence electrons. The summed E-state index contributed by atoms with van der Waals surface area (Å²) in [5.74, 6) is 0.842. The van der Waals surface area contributed by atoms with Gasteiger partial charge in [0, 0.05) is 0 Å². The molecule has 0 saturated heterocycles. The SMILES string of the molecule is CC[C@@](C)(C#N)NC(=O)[C@@H]1COc2ccccc2O1. The number of rotatable bonds is 3. The van der Waals surface area contributed by atoms with Crippen molar-refractivity contribution < 1.29 is 14.3 Å². The molecule has 0 saturated carbocycles. The maximum atomic E-state index is 12.1. The van der Waals surface area contributed by atoms with Crippen molar-refractivity contribution in [1.29, 1.82) is 5.26 Å². The van der Waals surface area contributed by atoms with Gasteiger partial charge in [-0.3, -0.25) is 4.79 Å². The Hall–Kier alpha value is -2.22. The van der Waals surface area contributed by atoms with Crippen molar-refractivity contribution in [3.8, 4) is 17.6 Å². The van der Waals surface area contributed by atoms with E-state index >= 15 is 0 Å². The number of hydrogen-bond donors (Lipinski definition) is 1. The van der Waals surface area contributed by atoms with Crippen LogP contribution in [-0.2, 0) is 4.79 Å². The molecule has 2 atom stereocenters. The smallest absolute Gasteiger partial charge is 0.265 e. The lowest BCUT2D eigenvalue weighted by molar-refractivity contribution is -0.131. The third-order valence-corrected chi connectivity index (χ3v) is 3.15. The van der Waals surface area contributed by atoms with Gasteiger partial charge in [0.2, 0.25) is 6.10 Å². The Labute approximate surface area is 112 Å². The van der Waals surface area contributed by atoms with E-state index in [2.05, 4.69) is 11.4 Å². The third-order valence-electron chi connectivity index (χ3n) is 3.15. The largest absolute Gasteiger partial charge is 0.485 e. The molecular weight excluding hydrogens is 244 g/mol. The molecule has 5 nitrogen and oxygen atoms in total. The Bertz CT molecular complexity index is 524. The van der Waals surface area contributed by atoms with E-state index in [0.717, 1.165) is 0 Å². The van der Waals surface area contributed by atoms with Crippen LogP contribution in [-0.4, -0.2) is 24.2 Å². The normalized spacial score (nSPS) is 19.9. The molecule has 19 heavy (non-hydrogen) atoms. The lowest BCUT2D eigenvalue weighted by Gasteiger charge is -2.28. The summed E-state index contributed by atoms with van der Waals surface area (Å²) in [6.45, 7) is 3.67. The molecule has 0 unspecified atom stereocenters. The Morgan fingerprint density at radius 2 is 2.21 bits per heavy atom. The molecule has 0 aromatic heterocycles. The second kappa shape index (κ2) is 5.19. The topological polar surface area (TPSA) is 71.4 Å². The second-order valence-corrected chi connectivity index (χ2v) is 4.65. The molecule has 0 spiro atoms. The zero-order valence-electron chi connectivity index (χ0n) is 11.0. The molecule has 0 bridgehead atoms. The van der Waals surface area contributed by atoms with Crippen LogP contribution < -0.4 is 14.8 Å². The highest BCUT2D eigenvalue weighted by Gasteiger charge is 2.32. The number of para-hydroxylation sites is 2. The predicted molar refractivity (Wildman–Crippen MR) is 68.8 cm³/mol. The summed E-state index contributed by atoms with van der Waals surface area (Å²) < 4.78 is 11.1. The second-order valence-electron chi connectivity index (χ2n) is 4.65. The van der Waals surface area contributed by atoms with E-state index in [4.69, 9.17) is 14.7 Å². The Balaban J connectivity index is 2.06. The van der Waals surface area contributed by atoms with Crippen LogP contribution in [0.4, 0.5) is 0 Å². The number of amides is 1. The molecule has 1 aliphatic heterocycles. The summed E-state index contributed by atoms with van der Waals surface area (Å²) in [4.78, 5) is 12.1. The van der Waals surface area contributed by atoms with Gasteiger partial charge in [0.15, 0.2) is 11.5 Å². The molecule has 1 aromatic carbocycles. The first-order valence-electron chi connectivity index (χ1n) is 6.20. The number of nitrogens with zero attached hydrogens (tertiary/aromatic N) is 1. The van der Waals surface area contributed by atoms with E-state index in [-0.39, 0.29) is 12.5 Å². The van der Waals surface area contributed by atoms with E-state index in [1.54, 1.807) is 19.1 Å². The summed E-state index contributed by atoms with van der Waals surface area (Å²) in [7, 11) is 0. The summed E-state index contributed by atoms with van der Waals surface area (Å²) in [5, 5.41) is 11.7. The minimum absolute atomic E-state index is 0.147. The molecule has 5 heteroatoms. The standard InChI is InChI=1S/C14H16N2O3/c1-3-14(2,9-15)16-13(17)12-8-18-10-6-4-5-7-11(10)19-12/h4-7,12H,3,8H2,1-2H3,(H,16,17)/t12-,14-/m0/s1. The number of fused-ring (bicyclic) bond motifs is 1. The van der Waals surface area contributed by atoms with Crippen LogP contribution in [0, 0.1) is 11.3 Å². The van der Waals surface area contributed by atoms with Gasteiger partial charge in [-0.05, 0) is 25.5 Å². The first-order chi connectivity index (χ1) is 9.08. The highest BCUT2D eigenvalue weighted by Crippen LogP contribution is 2.31. The van der Waals surface area contributed by atoms with E-state index < -0.39 is 11.6 Å². The summed E-state index contributed by atoms with van der Waals surface area (Å²) in [6.07, 6.45) is -0.200. The number of carbonyl (C=O) groups excluding carboxylic acids is 1. The van der Waals surface area contributed by atoms with Crippen molar-refractivity contribution in [3.63, 3.8) is 0 Å². The third kappa shape index (κ3) is 2.79. The fraction of sp³-hybridized carbons (Fsp3) is 0.429. The average Bonchev–Trinajstić information content (AvgIpc) is 2.46. The molecule has 1 heterocycles. The van der Waals surface area contributed by atoms with Crippen LogP contribution in [0.1, 0.15) is 20.3 Å². The van der Waals surface area contributed by atoms with Gasteiger partial charge in [-0.25, -0.2) is 0 Å². The number of ether oxygens (including phenoxy) is 2. The lowest BCUT2D eigenvalue weighted by atomic mass is 10.0. The van der Waals surface area contributed by atoms with Gasteiger partial charge in [0.25, 0.3) is 5.91 Å². The van der Waals surface area contributed by atoms with Crippen molar-refractivity contribution >= 4 is 5.91 Å². The fourth-order valence-corrected chi connectivity index (χ4v) is 1.70. The van der Waals surface area contributed by atoms with Crippen molar-refractivity contribution in [3.05, 3.63) is 24.3 Å². The van der Waals surface area contributed by atoms with E-state index in [0.29, 0.717) is 17.9 Å². The van der Waals surface area contributed by atoms with Gasteiger partial charge >= 0.3 is 0 Å². The Morgan fingerprint density at radius 1 is 1.53 bits per heavy atom. The van der Waals surface area contributed by atoms with Crippen molar-refractivity contribution in [2.45, 2.75) is 31.9 Å². The quantitative estimate of drug-likeness (QED) is 0.896. The van der Waals surface area contributed by atoms with Crippen LogP contribution in [0.5, 0.6) is 11.5 Å². The average molecular weight is 260 g/mol. The maximum absolute atomic E-state index is 12.1. The summed E-state index contributed by atoms with van der Waals surface area (Å²) >= 11 is 0. The zero-order valence-corrected chi connectivity index (χ0v) is 11.0. The van der Waals surface area contributed by atoms with Crippen molar-refractivity contribution in [2.24, 2.45) is 0 Å². The molecule has 1 aromatic rings. The van der Waals surface area contributed by atoms with Gasteiger partial charge in [-0.15, -0.1) is 0 Å². The number of carbonyl (C=O) groups is 1. The predicted octanol–water partition coefficient (Wildman–Crippen LogP) is 1.63. The van der Waals surface area contributed by atoms with Gasteiger partial charge in [-0.2, -0.15) is 5.26 Å². The highest BCUT2D eigenvalue weighted by atomic mass is 16.6. The molecule has 0 radical (unpaired) electrons. The van der Waals surface area contributed by atoms with E-state index in [1.165, 1.54) is 0 Å². The van der Waals surface area contributed by atoms with Crippen molar-refractivity contribution in [2.75, 3.05) is 6.61 Å². The number of nitriles is 1. The minimum Gasteiger partial charge on any atom is -0.485 e. The molecule has 0 aliphatic carbocycles. The number of benzene rings is 1. The van der Waals surface area contributed by atoms with E-state index in [1.807, 2.05) is 19.1 Å². The van der Waals surface area contributed by atoms with Gasteiger partial charge in [0.1, 0.15) is 12.1 Å². The fourth-order valence-electron chi connectivity index (χ4n) is 1.70. The molecule has 2 rings (SSSR count).